The number of halogens is 1. The fourth-order valence-electron chi connectivity index (χ4n) is 2.03. The SMILES string of the molecule is Cn1nnc(CN2CCC(CCBr)C2)n1. The van der Waals surface area contributed by atoms with E-state index in [4.69, 9.17) is 0 Å². The molecule has 1 unspecified atom stereocenters. The van der Waals surface area contributed by atoms with Gasteiger partial charge in [-0.25, -0.2) is 0 Å². The summed E-state index contributed by atoms with van der Waals surface area (Å²) in [6, 6.07) is 0. The Morgan fingerprint density at radius 2 is 2.40 bits per heavy atom. The lowest BCUT2D eigenvalue weighted by atomic mass is 10.1. The zero-order valence-electron chi connectivity index (χ0n) is 8.93. The van der Waals surface area contributed by atoms with Crippen molar-refractivity contribution in [2.75, 3.05) is 18.4 Å². The highest BCUT2D eigenvalue weighted by Crippen LogP contribution is 2.21. The van der Waals surface area contributed by atoms with Gasteiger partial charge in [0.1, 0.15) is 0 Å². The molecule has 0 N–H and O–H groups in total. The number of hydrogen-bond donors (Lipinski definition) is 0. The smallest absolute Gasteiger partial charge is 0.188 e. The summed E-state index contributed by atoms with van der Waals surface area (Å²) in [6.07, 6.45) is 2.57. The lowest BCUT2D eigenvalue weighted by Crippen LogP contribution is -2.21. The Kier molecular flexibility index (Phi) is 3.69. The highest BCUT2D eigenvalue weighted by atomic mass is 79.9. The topological polar surface area (TPSA) is 46.8 Å². The van der Waals surface area contributed by atoms with Crippen LogP contribution in [-0.2, 0) is 13.6 Å². The van der Waals surface area contributed by atoms with Crippen molar-refractivity contribution in [3.8, 4) is 0 Å². The van der Waals surface area contributed by atoms with Crippen LogP contribution in [0.4, 0.5) is 0 Å². The largest absolute Gasteiger partial charge is 0.296 e. The molecule has 1 aliphatic rings. The van der Waals surface area contributed by atoms with Crippen LogP contribution in [0.2, 0.25) is 0 Å². The maximum Gasteiger partial charge on any atom is 0.188 e. The second kappa shape index (κ2) is 5.03. The number of likely N-dealkylation sites (tertiary alicyclic amines) is 1. The summed E-state index contributed by atoms with van der Waals surface area (Å²) >= 11 is 3.49. The quantitative estimate of drug-likeness (QED) is 0.763. The van der Waals surface area contributed by atoms with Gasteiger partial charge in [0.2, 0.25) is 0 Å². The molecule has 5 nitrogen and oxygen atoms in total. The van der Waals surface area contributed by atoms with Crippen LogP contribution < -0.4 is 0 Å². The van der Waals surface area contributed by atoms with E-state index in [0.29, 0.717) is 0 Å². The van der Waals surface area contributed by atoms with E-state index >= 15 is 0 Å². The average Bonchev–Trinajstić information content (AvgIpc) is 2.78. The van der Waals surface area contributed by atoms with Gasteiger partial charge in [0.05, 0.1) is 13.6 Å². The van der Waals surface area contributed by atoms with Gasteiger partial charge in [0.25, 0.3) is 0 Å². The maximum atomic E-state index is 4.19. The summed E-state index contributed by atoms with van der Waals surface area (Å²) in [4.78, 5) is 3.92. The number of tetrazole rings is 1. The number of nitrogens with zero attached hydrogens (tertiary/aromatic N) is 5. The van der Waals surface area contributed by atoms with Crippen LogP contribution in [0.25, 0.3) is 0 Å². The average molecular weight is 274 g/mol. The van der Waals surface area contributed by atoms with Gasteiger partial charge in [-0.2, -0.15) is 4.80 Å². The maximum absolute atomic E-state index is 4.19. The van der Waals surface area contributed by atoms with Crippen molar-refractivity contribution in [1.82, 2.24) is 25.1 Å². The Hall–Kier alpha value is -0.490. The molecule has 0 amide bonds. The van der Waals surface area contributed by atoms with Crippen LogP contribution in [0.15, 0.2) is 0 Å². The van der Waals surface area contributed by atoms with Crippen LogP contribution in [0.1, 0.15) is 18.7 Å². The van der Waals surface area contributed by atoms with Crippen molar-refractivity contribution in [2.45, 2.75) is 19.4 Å². The van der Waals surface area contributed by atoms with E-state index in [1.807, 2.05) is 0 Å². The summed E-state index contributed by atoms with van der Waals surface area (Å²) in [7, 11) is 1.80. The molecule has 15 heavy (non-hydrogen) atoms. The van der Waals surface area contributed by atoms with E-state index in [0.717, 1.165) is 30.2 Å². The standard InChI is InChI=1S/C9H16BrN5/c1-14-12-9(11-13-14)7-15-5-3-8(6-15)2-4-10/h8H,2-7H2,1H3. The van der Waals surface area contributed by atoms with Crippen molar-refractivity contribution in [3.05, 3.63) is 5.82 Å². The second-order valence-corrected chi connectivity index (χ2v) is 4.86. The molecule has 1 aromatic heterocycles. The molecule has 1 fully saturated rings. The molecule has 1 aromatic rings. The number of aromatic nitrogens is 4. The second-order valence-electron chi connectivity index (χ2n) is 4.06. The van der Waals surface area contributed by atoms with E-state index in [1.165, 1.54) is 24.2 Å². The Morgan fingerprint density at radius 1 is 1.53 bits per heavy atom. The van der Waals surface area contributed by atoms with E-state index in [2.05, 4.69) is 36.2 Å². The molecule has 6 heteroatoms. The molecular formula is C9H16BrN5. The molecular weight excluding hydrogens is 258 g/mol. The van der Waals surface area contributed by atoms with Crippen molar-refractivity contribution in [3.63, 3.8) is 0 Å². The molecule has 0 radical (unpaired) electrons. The Bertz CT molecular complexity index is 313. The normalized spacial score (nSPS) is 22.4. The van der Waals surface area contributed by atoms with Gasteiger partial charge in [-0.1, -0.05) is 15.9 Å². The third-order valence-corrected chi connectivity index (χ3v) is 3.26. The van der Waals surface area contributed by atoms with E-state index in [1.54, 1.807) is 7.05 Å². The molecule has 1 aliphatic heterocycles. The van der Waals surface area contributed by atoms with Crippen LogP contribution in [-0.4, -0.2) is 43.5 Å². The summed E-state index contributed by atoms with van der Waals surface area (Å²) in [5.74, 6) is 1.66. The molecule has 84 valence electrons. The summed E-state index contributed by atoms with van der Waals surface area (Å²) in [5.41, 5.74) is 0. The van der Waals surface area contributed by atoms with Gasteiger partial charge in [-0.05, 0) is 30.5 Å². The fourth-order valence-corrected chi connectivity index (χ4v) is 2.68. The monoisotopic (exact) mass is 273 g/mol. The van der Waals surface area contributed by atoms with Crippen molar-refractivity contribution < 1.29 is 0 Å². The lowest BCUT2D eigenvalue weighted by molar-refractivity contribution is 0.307. The van der Waals surface area contributed by atoms with Gasteiger partial charge in [0, 0.05) is 11.9 Å². The highest BCUT2D eigenvalue weighted by Gasteiger charge is 2.22. The first-order valence-corrected chi connectivity index (χ1v) is 6.41. The van der Waals surface area contributed by atoms with E-state index < -0.39 is 0 Å². The van der Waals surface area contributed by atoms with Gasteiger partial charge in [-0.15, -0.1) is 10.2 Å². The number of aryl methyl sites for hydroxylation is 1. The van der Waals surface area contributed by atoms with E-state index in [-0.39, 0.29) is 0 Å². The first kappa shape index (κ1) is 11.0. The Morgan fingerprint density at radius 3 is 3.07 bits per heavy atom. The minimum Gasteiger partial charge on any atom is -0.296 e. The molecule has 1 saturated heterocycles. The van der Waals surface area contributed by atoms with Crippen molar-refractivity contribution in [1.29, 1.82) is 0 Å². The number of hydrogen-bond acceptors (Lipinski definition) is 4. The molecule has 1 atom stereocenters. The Labute approximate surface area is 98.0 Å². The molecule has 0 aliphatic carbocycles. The minimum atomic E-state index is 0.831. The van der Waals surface area contributed by atoms with Crippen LogP contribution in [0.3, 0.4) is 0 Å². The predicted molar refractivity (Wildman–Crippen MR) is 60.6 cm³/mol. The molecule has 2 rings (SSSR count). The molecule has 0 saturated carbocycles. The lowest BCUT2D eigenvalue weighted by Gasteiger charge is -2.12. The third kappa shape index (κ3) is 2.98. The summed E-state index contributed by atoms with van der Waals surface area (Å²) < 4.78 is 0. The molecule has 0 spiro atoms. The third-order valence-electron chi connectivity index (χ3n) is 2.80. The zero-order chi connectivity index (χ0) is 10.7. The van der Waals surface area contributed by atoms with Crippen molar-refractivity contribution in [2.24, 2.45) is 13.0 Å². The minimum absolute atomic E-state index is 0.831. The van der Waals surface area contributed by atoms with Crippen molar-refractivity contribution >= 4 is 15.9 Å². The Balaban J connectivity index is 1.82. The van der Waals surface area contributed by atoms with E-state index in [9.17, 15) is 0 Å². The first-order valence-electron chi connectivity index (χ1n) is 5.29. The first-order chi connectivity index (χ1) is 7.28. The predicted octanol–water partition coefficient (Wildman–Crippen LogP) is 0.817. The van der Waals surface area contributed by atoms with Gasteiger partial charge < -0.3 is 0 Å². The summed E-state index contributed by atoms with van der Waals surface area (Å²) in [6.45, 7) is 3.17. The van der Waals surface area contributed by atoms with Crippen LogP contribution in [0.5, 0.6) is 0 Å². The van der Waals surface area contributed by atoms with Gasteiger partial charge in [0.15, 0.2) is 5.82 Å². The van der Waals surface area contributed by atoms with Gasteiger partial charge in [-0.3, -0.25) is 4.90 Å². The number of rotatable bonds is 4. The van der Waals surface area contributed by atoms with Crippen LogP contribution in [0, 0.1) is 5.92 Å². The molecule has 0 aromatic carbocycles. The molecule has 0 bridgehead atoms. The molecule has 2 heterocycles. The number of alkyl halides is 1. The fraction of sp³-hybridized carbons (Fsp3) is 0.889. The summed E-state index contributed by atoms with van der Waals surface area (Å²) in [5, 5.41) is 13.1. The zero-order valence-corrected chi connectivity index (χ0v) is 10.5. The van der Waals surface area contributed by atoms with Crippen LogP contribution >= 0.6 is 15.9 Å². The van der Waals surface area contributed by atoms with Gasteiger partial charge >= 0.3 is 0 Å². The highest BCUT2D eigenvalue weighted by molar-refractivity contribution is 9.09.